The Kier molecular flexibility index (Phi) is 7.04. The van der Waals surface area contributed by atoms with Gasteiger partial charge in [-0.3, -0.25) is 0 Å². The number of carbonyl (C=O) groups excluding carboxylic acids is 1. The van der Waals surface area contributed by atoms with Gasteiger partial charge in [0.1, 0.15) is 5.75 Å². The number of ether oxygens (including phenoxy) is 1. The number of methoxy groups -OCH3 is 1. The van der Waals surface area contributed by atoms with E-state index < -0.39 is 12.1 Å². The van der Waals surface area contributed by atoms with Crippen LogP contribution in [0.1, 0.15) is 23.3 Å². The minimum atomic E-state index is -0.535. The van der Waals surface area contributed by atoms with E-state index in [0.29, 0.717) is 28.8 Å². The Balaban J connectivity index is 1.75. The summed E-state index contributed by atoms with van der Waals surface area (Å²) >= 11 is 5.87. The van der Waals surface area contributed by atoms with Gasteiger partial charge in [-0.2, -0.15) is 4.98 Å². The summed E-state index contributed by atoms with van der Waals surface area (Å²) < 4.78 is 10.3. The molecule has 3 rings (SSSR count). The second-order valence-electron chi connectivity index (χ2n) is 6.23. The van der Waals surface area contributed by atoms with Crippen molar-refractivity contribution in [3.8, 4) is 5.75 Å². The highest BCUT2D eigenvalue weighted by Crippen LogP contribution is 2.20. The number of carbonyl (C=O) groups is 1. The van der Waals surface area contributed by atoms with Gasteiger partial charge >= 0.3 is 6.03 Å². The standard InChI is InChI=1S/C20H21ClN4O4/c1-28-16-8-2-13(3-9-16)12-17(19-24-18(10-11-26)29-25-19)23-20(27)22-15-6-4-14(21)5-7-15/h2-9,17,26H,10-12H2,1H3,(H2,22,23,27)/t17-/m0/s1. The molecule has 0 aliphatic rings. The van der Waals surface area contributed by atoms with Crippen LogP contribution in [0.3, 0.4) is 0 Å². The predicted molar refractivity (Wildman–Crippen MR) is 108 cm³/mol. The summed E-state index contributed by atoms with van der Waals surface area (Å²) in [5, 5.41) is 19.2. The van der Waals surface area contributed by atoms with E-state index >= 15 is 0 Å². The van der Waals surface area contributed by atoms with Crippen molar-refractivity contribution >= 4 is 23.3 Å². The van der Waals surface area contributed by atoms with E-state index in [2.05, 4.69) is 20.8 Å². The van der Waals surface area contributed by atoms with Crippen LogP contribution in [-0.2, 0) is 12.8 Å². The Morgan fingerprint density at radius 1 is 1.21 bits per heavy atom. The first kappa shape index (κ1) is 20.6. The summed E-state index contributed by atoms with van der Waals surface area (Å²) in [6, 6.07) is 13.3. The molecule has 0 aliphatic carbocycles. The van der Waals surface area contributed by atoms with E-state index in [9.17, 15) is 4.79 Å². The molecular formula is C20H21ClN4O4. The van der Waals surface area contributed by atoms with Crippen LogP contribution in [0.15, 0.2) is 53.1 Å². The van der Waals surface area contributed by atoms with Crippen LogP contribution in [0.4, 0.5) is 10.5 Å². The highest BCUT2D eigenvalue weighted by Gasteiger charge is 2.21. The molecule has 1 heterocycles. The molecule has 0 saturated carbocycles. The van der Waals surface area contributed by atoms with Crippen LogP contribution in [-0.4, -0.2) is 35.0 Å². The average molecular weight is 417 g/mol. The fourth-order valence-corrected chi connectivity index (χ4v) is 2.80. The third-order valence-corrected chi connectivity index (χ3v) is 4.38. The van der Waals surface area contributed by atoms with Crippen LogP contribution in [0.2, 0.25) is 5.02 Å². The predicted octanol–water partition coefficient (Wildman–Crippen LogP) is 3.37. The van der Waals surface area contributed by atoms with E-state index in [1.54, 1.807) is 31.4 Å². The molecule has 152 valence electrons. The number of nitrogens with zero attached hydrogens (tertiary/aromatic N) is 2. The maximum absolute atomic E-state index is 12.5. The van der Waals surface area contributed by atoms with Gasteiger partial charge in [-0.15, -0.1) is 0 Å². The molecule has 3 N–H and O–H groups in total. The number of nitrogens with one attached hydrogen (secondary N) is 2. The Morgan fingerprint density at radius 2 is 1.93 bits per heavy atom. The number of rotatable bonds is 8. The van der Waals surface area contributed by atoms with Crippen LogP contribution < -0.4 is 15.4 Å². The smallest absolute Gasteiger partial charge is 0.319 e. The van der Waals surface area contributed by atoms with Crippen LogP contribution >= 0.6 is 11.6 Å². The lowest BCUT2D eigenvalue weighted by Gasteiger charge is -2.16. The van der Waals surface area contributed by atoms with Crippen molar-refractivity contribution in [1.82, 2.24) is 15.5 Å². The van der Waals surface area contributed by atoms with Crippen molar-refractivity contribution in [2.75, 3.05) is 19.0 Å². The Hall–Kier alpha value is -3.10. The zero-order valence-electron chi connectivity index (χ0n) is 15.8. The summed E-state index contributed by atoms with van der Waals surface area (Å²) in [6.07, 6.45) is 0.690. The molecule has 0 unspecified atom stereocenters. The van der Waals surface area contributed by atoms with Crippen LogP contribution in [0, 0.1) is 0 Å². The monoisotopic (exact) mass is 416 g/mol. The van der Waals surface area contributed by atoms with Crippen molar-refractivity contribution < 1.29 is 19.2 Å². The van der Waals surface area contributed by atoms with E-state index in [1.165, 1.54) is 0 Å². The molecule has 0 aliphatic heterocycles. The lowest BCUT2D eigenvalue weighted by molar-refractivity contribution is 0.247. The van der Waals surface area contributed by atoms with Gasteiger partial charge in [-0.25, -0.2) is 4.79 Å². The first-order valence-corrected chi connectivity index (χ1v) is 9.34. The van der Waals surface area contributed by atoms with E-state index in [4.69, 9.17) is 26.0 Å². The Bertz CT molecular complexity index is 928. The van der Waals surface area contributed by atoms with Gasteiger partial charge in [0, 0.05) is 17.1 Å². The first-order chi connectivity index (χ1) is 14.1. The molecule has 2 amide bonds. The minimum Gasteiger partial charge on any atom is -0.497 e. The SMILES string of the molecule is COc1ccc(C[C@H](NC(=O)Nc2ccc(Cl)cc2)c2noc(CCO)n2)cc1. The topological polar surface area (TPSA) is 110 Å². The van der Waals surface area contributed by atoms with Gasteiger partial charge in [0.15, 0.2) is 5.82 Å². The number of hydrogen-bond donors (Lipinski definition) is 3. The zero-order valence-corrected chi connectivity index (χ0v) is 16.5. The maximum Gasteiger partial charge on any atom is 0.319 e. The molecule has 0 saturated heterocycles. The van der Waals surface area contributed by atoms with Gasteiger partial charge in [-0.05, 0) is 42.0 Å². The van der Waals surface area contributed by atoms with Gasteiger partial charge in [0.25, 0.3) is 0 Å². The molecule has 3 aromatic rings. The summed E-state index contributed by atoms with van der Waals surface area (Å²) in [5.74, 6) is 1.38. The van der Waals surface area contributed by atoms with Crippen LogP contribution in [0.5, 0.6) is 5.75 Å². The molecule has 0 bridgehead atoms. The fraction of sp³-hybridized carbons (Fsp3) is 0.250. The molecule has 1 aromatic heterocycles. The molecule has 0 spiro atoms. The molecule has 2 aromatic carbocycles. The van der Waals surface area contributed by atoms with Gasteiger partial charge in [0.05, 0.1) is 26.2 Å². The molecule has 9 heteroatoms. The minimum absolute atomic E-state index is 0.102. The Labute approximate surface area is 172 Å². The first-order valence-electron chi connectivity index (χ1n) is 8.96. The number of hydrogen-bond acceptors (Lipinski definition) is 6. The largest absolute Gasteiger partial charge is 0.497 e. The molecule has 1 atom stereocenters. The van der Waals surface area contributed by atoms with Crippen molar-refractivity contribution in [3.63, 3.8) is 0 Å². The summed E-state index contributed by atoms with van der Waals surface area (Å²) in [4.78, 5) is 16.8. The van der Waals surface area contributed by atoms with E-state index in [1.807, 2.05) is 24.3 Å². The highest BCUT2D eigenvalue weighted by molar-refractivity contribution is 6.30. The molecule has 0 radical (unpaired) electrons. The van der Waals surface area contributed by atoms with Crippen molar-refractivity contribution in [2.24, 2.45) is 0 Å². The second kappa shape index (κ2) is 9.90. The number of aliphatic hydroxyl groups is 1. The summed E-state index contributed by atoms with van der Waals surface area (Å²) in [7, 11) is 1.60. The number of aromatic nitrogens is 2. The van der Waals surface area contributed by atoms with Crippen molar-refractivity contribution in [1.29, 1.82) is 0 Å². The van der Waals surface area contributed by atoms with Gasteiger partial charge in [0.2, 0.25) is 5.89 Å². The normalized spacial score (nSPS) is 11.7. The van der Waals surface area contributed by atoms with Gasteiger partial charge < -0.3 is 25.0 Å². The van der Waals surface area contributed by atoms with Crippen LogP contribution in [0.25, 0.3) is 0 Å². The maximum atomic E-state index is 12.5. The number of urea groups is 1. The van der Waals surface area contributed by atoms with Gasteiger partial charge in [-0.1, -0.05) is 28.9 Å². The number of amides is 2. The third-order valence-electron chi connectivity index (χ3n) is 4.13. The summed E-state index contributed by atoms with van der Waals surface area (Å²) in [5.41, 5.74) is 1.56. The average Bonchev–Trinajstić information content (AvgIpc) is 3.19. The lowest BCUT2D eigenvalue weighted by atomic mass is 10.1. The second-order valence-corrected chi connectivity index (χ2v) is 6.67. The lowest BCUT2D eigenvalue weighted by Crippen LogP contribution is -2.34. The van der Waals surface area contributed by atoms with Crippen molar-refractivity contribution in [2.45, 2.75) is 18.9 Å². The highest BCUT2D eigenvalue weighted by atomic mass is 35.5. The zero-order chi connectivity index (χ0) is 20.6. The fourth-order valence-electron chi connectivity index (χ4n) is 2.67. The number of benzene rings is 2. The number of halogens is 1. The molecule has 0 fully saturated rings. The molecule has 29 heavy (non-hydrogen) atoms. The number of aliphatic hydroxyl groups excluding tert-OH is 1. The number of anilines is 1. The van der Waals surface area contributed by atoms with Crippen molar-refractivity contribution in [3.05, 3.63) is 70.8 Å². The summed E-state index contributed by atoms with van der Waals surface area (Å²) in [6.45, 7) is -0.102. The van der Waals surface area contributed by atoms with E-state index in [0.717, 1.165) is 11.3 Å². The Morgan fingerprint density at radius 3 is 2.59 bits per heavy atom. The molecular weight excluding hydrogens is 396 g/mol. The third kappa shape index (κ3) is 5.94. The van der Waals surface area contributed by atoms with E-state index in [-0.39, 0.29) is 13.0 Å². The molecule has 8 nitrogen and oxygen atoms in total. The quantitative estimate of drug-likeness (QED) is 0.519.